The monoisotopic (exact) mass is 781 g/mol. The van der Waals surface area contributed by atoms with Crippen molar-refractivity contribution in [2.45, 2.75) is 49.9 Å². The van der Waals surface area contributed by atoms with Crippen LogP contribution in [-0.4, -0.2) is 87.5 Å². The normalized spacial score (nSPS) is 16.2. The molecule has 58 heavy (non-hydrogen) atoms. The molecule has 8 rings (SSSR count). The number of aliphatic hydroxyl groups excluding tert-OH is 2. The third-order valence-electron chi connectivity index (χ3n) is 11.3. The molecule has 302 valence electrons. The second-order valence-corrected chi connectivity index (χ2v) is 15.1. The number of anilines is 2. The van der Waals surface area contributed by atoms with E-state index in [0.717, 1.165) is 50.6 Å². The highest BCUT2D eigenvalue weighted by Crippen LogP contribution is 2.31. The van der Waals surface area contributed by atoms with Gasteiger partial charge in [-0.2, -0.15) is 0 Å². The van der Waals surface area contributed by atoms with Gasteiger partial charge in [-0.3, -0.25) is 14.6 Å². The number of hydrogen-bond acceptors (Lipinski definition) is 8. The number of carbonyl (C=O) groups excluding carboxylic acids is 1. The molecule has 2 fully saturated rings. The first-order valence-electron chi connectivity index (χ1n) is 20.0. The van der Waals surface area contributed by atoms with Crippen LogP contribution in [0.2, 0.25) is 0 Å². The second kappa shape index (κ2) is 20.1. The third-order valence-corrected chi connectivity index (χ3v) is 11.3. The van der Waals surface area contributed by atoms with Crippen LogP contribution in [0.25, 0.3) is 21.5 Å². The van der Waals surface area contributed by atoms with E-state index in [0.29, 0.717) is 25.7 Å². The topological polar surface area (TPSA) is 151 Å². The Bertz CT molecular complexity index is 2050. The summed E-state index contributed by atoms with van der Waals surface area (Å²) in [6.07, 6.45) is 2.59. The molecule has 0 aromatic heterocycles. The van der Waals surface area contributed by atoms with Crippen LogP contribution in [0.1, 0.15) is 36.8 Å². The van der Waals surface area contributed by atoms with Crippen LogP contribution in [0.3, 0.4) is 0 Å². The quantitative estimate of drug-likeness (QED) is 0.0808. The smallest absolute Gasteiger partial charge is 0.329 e. The lowest BCUT2D eigenvalue weighted by Gasteiger charge is -2.41. The highest BCUT2D eigenvalue weighted by atomic mass is 16.4. The summed E-state index contributed by atoms with van der Waals surface area (Å²) in [5.41, 5.74) is 8.67. The summed E-state index contributed by atoms with van der Waals surface area (Å²) in [6, 6.07) is 49.3. The van der Waals surface area contributed by atoms with Gasteiger partial charge in [-0.25, -0.2) is 4.79 Å². The molecule has 2 heterocycles. The fourth-order valence-electron chi connectivity index (χ4n) is 7.95. The molecule has 2 saturated heterocycles. The van der Waals surface area contributed by atoms with Crippen molar-refractivity contribution in [3.05, 3.63) is 157 Å². The number of nitrogens with zero attached hydrogens (tertiary/aromatic N) is 2. The summed E-state index contributed by atoms with van der Waals surface area (Å²) in [7, 11) is 0. The maximum Gasteiger partial charge on any atom is 0.329 e. The van der Waals surface area contributed by atoms with Crippen molar-refractivity contribution >= 4 is 44.8 Å². The highest BCUT2D eigenvalue weighted by molar-refractivity contribution is 5.89. The number of carbonyl (C=O) groups is 2. The molecule has 10 heteroatoms. The van der Waals surface area contributed by atoms with Crippen LogP contribution in [0.5, 0.6) is 0 Å². The Morgan fingerprint density at radius 3 is 1.28 bits per heavy atom. The lowest BCUT2D eigenvalue weighted by atomic mass is 9.86. The van der Waals surface area contributed by atoms with E-state index in [2.05, 4.69) is 105 Å². The van der Waals surface area contributed by atoms with Gasteiger partial charge < -0.3 is 31.7 Å². The van der Waals surface area contributed by atoms with Gasteiger partial charge >= 0.3 is 5.97 Å². The van der Waals surface area contributed by atoms with Crippen molar-refractivity contribution in [3.63, 3.8) is 0 Å². The van der Waals surface area contributed by atoms with Gasteiger partial charge in [0.25, 0.3) is 0 Å². The van der Waals surface area contributed by atoms with Crippen molar-refractivity contribution in [3.8, 4) is 0 Å². The molecule has 6 aromatic rings. The van der Waals surface area contributed by atoms with Gasteiger partial charge in [0.2, 0.25) is 5.91 Å². The fourth-order valence-corrected chi connectivity index (χ4v) is 7.95. The summed E-state index contributed by atoms with van der Waals surface area (Å²) in [6.45, 7) is 4.69. The van der Waals surface area contributed by atoms with Gasteiger partial charge in [0, 0.05) is 50.6 Å². The van der Waals surface area contributed by atoms with Crippen LogP contribution < -0.4 is 16.4 Å². The molecule has 0 atom stereocenters. The van der Waals surface area contributed by atoms with E-state index in [1.807, 2.05) is 60.7 Å². The molecule has 10 nitrogen and oxygen atoms in total. The first-order valence-corrected chi connectivity index (χ1v) is 20.0. The fraction of sp³-hybridized carbons (Fsp3) is 0.292. The van der Waals surface area contributed by atoms with Gasteiger partial charge in [0.05, 0.1) is 13.2 Å². The average molecular weight is 782 g/mol. The van der Waals surface area contributed by atoms with Gasteiger partial charge in [-0.05, 0) is 82.6 Å². The number of para-hydroxylation sites is 2. The van der Waals surface area contributed by atoms with Crippen LogP contribution in [-0.2, 0) is 22.7 Å². The van der Waals surface area contributed by atoms with Crippen molar-refractivity contribution in [2.75, 3.05) is 50.0 Å². The molecule has 0 aliphatic carbocycles. The number of benzene rings is 6. The largest absolute Gasteiger partial charge is 0.480 e. The Morgan fingerprint density at radius 2 is 0.879 bits per heavy atom. The average Bonchev–Trinajstić information content (AvgIpc) is 3.26. The molecule has 0 bridgehead atoms. The molecule has 0 unspecified atom stereocenters. The van der Waals surface area contributed by atoms with E-state index in [1.165, 1.54) is 32.7 Å². The number of piperidine rings is 2. The number of primary amides is 1. The molecule has 1 amide bonds. The number of fused-ring (bicyclic) bond motifs is 2. The van der Waals surface area contributed by atoms with Crippen LogP contribution >= 0.6 is 0 Å². The SMILES string of the molecule is NC(=O)C1(Nc2ccccc2)CCN(Cc2cccc3ccccc23)CC1.O=C(O)C1(Nc2ccccc2)CCN(Cc2cccc3ccccc23)CC1.OCCO. The Labute approximate surface area is 340 Å². The number of rotatable bonds is 11. The first kappa shape index (κ1) is 41.8. The molecule has 7 N–H and O–H groups in total. The van der Waals surface area contributed by atoms with Crippen LogP contribution in [0, 0.1) is 0 Å². The molecular formula is C48H55N5O5. The third kappa shape index (κ3) is 10.6. The number of likely N-dealkylation sites (tertiary alicyclic amines) is 2. The van der Waals surface area contributed by atoms with Crippen LogP contribution in [0.15, 0.2) is 146 Å². The minimum Gasteiger partial charge on any atom is -0.480 e. The van der Waals surface area contributed by atoms with Crippen LogP contribution in [0.4, 0.5) is 11.4 Å². The van der Waals surface area contributed by atoms with E-state index in [1.54, 1.807) is 0 Å². The standard InChI is InChI=1S/C23H25N3O.C23H24N2O2.C2H6O2/c24-22(27)23(25-20-10-2-1-3-11-20)13-15-26(16-14-23)17-19-9-6-8-18-7-4-5-12-21(18)19;26-22(27)23(24-20-10-2-1-3-11-20)13-15-25(16-14-23)17-19-9-6-8-18-7-4-5-12-21(18)19;3-1-2-4/h1-12,25H,13-17H2,(H2,24,27);1-12,24H,13-17H2,(H,26,27);3-4H,1-2H2. The number of nitrogens with two attached hydrogens (primary N) is 1. The van der Waals surface area contributed by atoms with E-state index in [9.17, 15) is 14.7 Å². The summed E-state index contributed by atoms with van der Waals surface area (Å²) < 4.78 is 0. The van der Waals surface area contributed by atoms with E-state index < -0.39 is 17.0 Å². The van der Waals surface area contributed by atoms with E-state index in [-0.39, 0.29) is 19.1 Å². The zero-order valence-corrected chi connectivity index (χ0v) is 33.0. The molecule has 2 aliphatic rings. The van der Waals surface area contributed by atoms with E-state index >= 15 is 0 Å². The summed E-state index contributed by atoms with van der Waals surface area (Å²) in [5.74, 6) is -1.03. The molecule has 2 aliphatic heterocycles. The zero-order valence-electron chi connectivity index (χ0n) is 33.0. The molecule has 6 aromatic carbocycles. The molecular weight excluding hydrogens is 727 g/mol. The minimum absolute atomic E-state index is 0.125. The number of aliphatic carboxylic acids is 1. The Hall–Kier alpha value is -5.78. The summed E-state index contributed by atoms with van der Waals surface area (Å²) in [5, 5.41) is 36.9. The van der Waals surface area contributed by atoms with Crippen molar-refractivity contribution in [2.24, 2.45) is 5.73 Å². The predicted molar refractivity (Wildman–Crippen MR) is 234 cm³/mol. The number of amides is 1. The first-order chi connectivity index (χ1) is 28.2. The zero-order chi connectivity index (χ0) is 40.8. The molecule has 0 saturated carbocycles. The van der Waals surface area contributed by atoms with Crippen molar-refractivity contribution in [1.29, 1.82) is 0 Å². The molecule has 0 spiro atoms. The molecule has 0 radical (unpaired) electrons. The summed E-state index contributed by atoms with van der Waals surface area (Å²) >= 11 is 0. The lowest BCUT2D eigenvalue weighted by molar-refractivity contribution is -0.144. The van der Waals surface area contributed by atoms with Gasteiger partial charge in [0.1, 0.15) is 11.1 Å². The van der Waals surface area contributed by atoms with Crippen molar-refractivity contribution < 1.29 is 24.9 Å². The number of aliphatic hydroxyl groups is 2. The number of carboxylic acids is 1. The number of hydrogen-bond donors (Lipinski definition) is 6. The second-order valence-electron chi connectivity index (χ2n) is 15.1. The number of nitrogens with one attached hydrogen (secondary N) is 2. The Kier molecular flexibility index (Phi) is 14.5. The van der Waals surface area contributed by atoms with Gasteiger partial charge in [-0.15, -0.1) is 0 Å². The number of carboxylic acid groups (broad SMARTS) is 1. The Balaban J connectivity index is 0.000000179. The Morgan fingerprint density at radius 1 is 0.517 bits per heavy atom. The maximum atomic E-state index is 12.3. The summed E-state index contributed by atoms with van der Waals surface area (Å²) in [4.78, 5) is 29.1. The highest BCUT2D eigenvalue weighted by Gasteiger charge is 2.42. The predicted octanol–water partition coefficient (Wildman–Crippen LogP) is 7.11. The van der Waals surface area contributed by atoms with Crippen molar-refractivity contribution in [1.82, 2.24) is 9.80 Å². The van der Waals surface area contributed by atoms with Gasteiger partial charge in [0.15, 0.2) is 0 Å². The lowest BCUT2D eigenvalue weighted by Crippen LogP contribution is -2.56. The minimum atomic E-state index is -0.892. The maximum absolute atomic E-state index is 12.3. The van der Waals surface area contributed by atoms with Gasteiger partial charge in [-0.1, -0.05) is 121 Å². The van der Waals surface area contributed by atoms with E-state index in [4.69, 9.17) is 15.9 Å².